The van der Waals surface area contributed by atoms with Crippen molar-refractivity contribution in [1.29, 1.82) is 0 Å². The SMILES string of the molecule is Cc1c(-c2c(C)c3c(c(C)c2[C@H](OC(C)(C)C)C(=O)O)CC(=O)N(C2CCN(C)CC2)C3)cc(F)c2c1CCCO2. The Morgan fingerprint density at radius 2 is 1.78 bits per heavy atom. The number of carbonyl (C=O) groups is 2. The van der Waals surface area contributed by atoms with Crippen LogP contribution in [0.1, 0.15) is 85.1 Å². The molecule has 5 rings (SSSR count). The average molecular weight is 567 g/mol. The van der Waals surface area contributed by atoms with Crippen LogP contribution in [-0.4, -0.2) is 65.2 Å². The van der Waals surface area contributed by atoms with Crippen molar-refractivity contribution in [3.63, 3.8) is 0 Å². The molecule has 3 aliphatic heterocycles. The summed E-state index contributed by atoms with van der Waals surface area (Å²) in [4.78, 5) is 30.7. The lowest BCUT2D eigenvalue weighted by Crippen LogP contribution is -2.48. The van der Waals surface area contributed by atoms with Gasteiger partial charge in [-0.15, -0.1) is 0 Å². The van der Waals surface area contributed by atoms with Gasteiger partial charge in [0.05, 0.1) is 18.6 Å². The standard InChI is InChI=1S/C33H43FN2O5/c1-18-22-9-8-14-40-30(22)26(34)15-24(18)28-20(3)25-17-36(21-10-12-35(7)13-11-21)27(37)16-23(25)19(2)29(28)31(32(38)39)41-33(4,5)6/h15,21,31H,8-14,16-17H2,1-7H3,(H,38,39)/t31-/m0/s1. The normalized spacial score (nSPS) is 19.0. The van der Waals surface area contributed by atoms with Crippen LogP contribution in [0.2, 0.25) is 0 Å². The molecule has 8 heteroatoms. The fraction of sp³-hybridized carbons (Fsp3) is 0.576. The third-order valence-corrected chi connectivity index (χ3v) is 9.09. The molecule has 0 spiro atoms. The molecule has 1 fully saturated rings. The number of carboxylic acid groups (broad SMARTS) is 1. The zero-order valence-corrected chi connectivity index (χ0v) is 25.4. The predicted molar refractivity (Wildman–Crippen MR) is 156 cm³/mol. The van der Waals surface area contributed by atoms with E-state index in [1.54, 1.807) is 0 Å². The first-order valence-electron chi connectivity index (χ1n) is 14.8. The number of rotatable bonds is 5. The summed E-state index contributed by atoms with van der Waals surface area (Å²) < 4.78 is 27.5. The van der Waals surface area contributed by atoms with Crippen LogP contribution < -0.4 is 4.74 Å². The highest BCUT2D eigenvalue weighted by atomic mass is 19.1. The van der Waals surface area contributed by atoms with Crippen LogP contribution in [0.5, 0.6) is 5.75 Å². The number of piperidine rings is 1. The van der Waals surface area contributed by atoms with Crippen LogP contribution in [0, 0.1) is 26.6 Å². The lowest BCUT2D eigenvalue weighted by molar-refractivity contribution is -0.160. The highest BCUT2D eigenvalue weighted by Crippen LogP contribution is 2.46. The molecule has 1 atom stereocenters. The van der Waals surface area contributed by atoms with E-state index >= 15 is 4.39 Å². The summed E-state index contributed by atoms with van der Waals surface area (Å²) in [5, 5.41) is 10.5. The van der Waals surface area contributed by atoms with Crippen molar-refractivity contribution in [1.82, 2.24) is 9.80 Å². The number of fused-ring (bicyclic) bond motifs is 2. The zero-order valence-electron chi connectivity index (χ0n) is 25.4. The van der Waals surface area contributed by atoms with Crippen molar-refractivity contribution in [3.8, 4) is 16.9 Å². The van der Waals surface area contributed by atoms with E-state index in [0.29, 0.717) is 42.0 Å². The summed E-state index contributed by atoms with van der Waals surface area (Å²) in [6, 6.07) is 1.67. The minimum absolute atomic E-state index is 0.0741. The van der Waals surface area contributed by atoms with Gasteiger partial charge in [0.15, 0.2) is 17.7 Å². The van der Waals surface area contributed by atoms with Crippen molar-refractivity contribution < 1.29 is 28.6 Å². The van der Waals surface area contributed by atoms with Gasteiger partial charge in [-0.1, -0.05) is 0 Å². The third-order valence-electron chi connectivity index (χ3n) is 9.09. The zero-order chi connectivity index (χ0) is 29.8. The molecule has 0 aromatic heterocycles. The van der Waals surface area contributed by atoms with E-state index in [1.807, 2.05) is 46.4 Å². The summed E-state index contributed by atoms with van der Waals surface area (Å²) in [7, 11) is 2.11. The Balaban J connectivity index is 1.75. The molecule has 0 saturated carbocycles. The Morgan fingerprint density at radius 3 is 2.41 bits per heavy atom. The molecule has 0 radical (unpaired) electrons. The van der Waals surface area contributed by atoms with E-state index in [9.17, 15) is 14.7 Å². The third kappa shape index (κ3) is 5.48. The number of hydrogen-bond acceptors (Lipinski definition) is 5. The lowest BCUT2D eigenvalue weighted by atomic mass is 9.78. The number of aliphatic carboxylic acids is 1. The van der Waals surface area contributed by atoms with E-state index in [0.717, 1.165) is 65.7 Å². The molecule has 0 bridgehead atoms. The quantitative estimate of drug-likeness (QED) is 0.503. The first-order valence-corrected chi connectivity index (χ1v) is 14.8. The Hall–Kier alpha value is -2.97. The van der Waals surface area contributed by atoms with Crippen LogP contribution in [0.15, 0.2) is 6.07 Å². The monoisotopic (exact) mass is 566 g/mol. The Labute approximate surface area is 242 Å². The summed E-state index contributed by atoms with van der Waals surface area (Å²) in [5.41, 5.74) is 6.37. The Morgan fingerprint density at radius 1 is 1.10 bits per heavy atom. The van der Waals surface area contributed by atoms with Gasteiger partial charge in [-0.3, -0.25) is 4.79 Å². The molecule has 2 aromatic rings. The topological polar surface area (TPSA) is 79.3 Å². The second-order valence-corrected chi connectivity index (χ2v) is 13.0. The first-order chi connectivity index (χ1) is 19.3. The van der Waals surface area contributed by atoms with E-state index in [1.165, 1.54) is 6.07 Å². The van der Waals surface area contributed by atoms with E-state index in [4.69, 9.17) is 9.47 Å². The highest BCUT2D eigenvalue weighted by molar-refractivity contribution is 5.89. The second kappa shape index (κ2) is 11.0. The van der Waals surface area contributed by atoms with Gasteiger partial charge in [-0.05, 0) is 132 Å². The number of benzene rings is 2. The predicted octanol–water partition coefficient (Wildman–Crippen LogP) is 5.66. The molecule has 222 valence electrons. The first kappa shape index (κ1) is 29.5. The van der Waals surface area contributed by atoms with E-state index in [-0.39, 0.29) is 18.4 Å². The largest absolute Gasteiger partial charge is 0.490 e. The van der Waals surface area contributed by atoms with Gasteiger partial charge in [0, 0.05) is 23.7 Å². The average Bonchev–Trinajstić information content (AvgIpc) is 2.91. The molecule has 1 amide bonds. The van der Waals surface area contributed by atoms with Gasteiger partial charge >= 0.3 is 5.97 Å². The van der Waals surface area contributed by atoms with Crippen molar-refractivity contribution >= 4 is 11.9 Å². The van der Waals surface area contributed by atoms with Crippen LogP contribution in [0.4, 0.5) is 4.39 Å². The molecule has 2 aromatic carbocycles. The fourth-order valence-corrected chi connectivity index (χ4v) is 6.94. The number of nitrogens with zero attached hydrogens (tertiary/aromatic N) is 2. The van der Waals surface area contributed by atoms with Gasteiger partial charge < -0.3 is 24.4 Å². The Kier molecular flexibility index (Phi) is 7.94. The van der Waals surface area contributed by atoms with Gasteiger partial charge in [-0.25, -0.2) is 9.18 Å². The summed E-state index contributed by atoms with van der Waals surface area (Å²) in [5.74, 6) is -1.18. The molecule has 41 heavy (non-hydrogen) atoms. The molecule has 3 heterocycles. The number of likely N-dealkylation sites (tertiary alicyclic amines) is 1. The maximum absolute atomic E-state index is 15.6. The Bertz CT molecular complexity index is 1390. The van der Waals surface area contributed by atoms with E-state index in [2.05, 4.69) is 11.9 Å². The van der Waals surface area contributed by atoms with Crippen molar-refractivity contribution in [2.24, 2.45) is 0 Å². The number of halogens is 1. The van der Waals surface area contributed by atoms with E-state index < -0.39 is 23.5 Å². The number of carbonyl (C=O) groups excluding carboxylic acids is 1. The number of amides is 1. The van der Waals surface area contributed by atoms with Crippen LogP contribution in [-0.2, 0) is 33.7 Å². The fourth-order valence-electron chi connectivity index (χ4n) is 6.94. The number of ether oxygens (including phenoxy) is 2. The number of hydrogen-bond donors (Lipinski definition) is 1. The molecule has 1 N–H and O–H groups in total. The smallest absolute Gasteiger partial charge is 0.337 e. The molecule has 0 aliphatic carbocycles. The molecule has 0 unspecified atom stereocenters. The molecule has 1 saturated heterocycles. The molecule has 7 nitrogen and oxygen atoms in total. The summed E-state index contributed by atoms with van der Waals surface area (Å²) >= 11 is 0. The van der Waals surface area contributed by atoms with Crippen LogP contribution in [0.25, 0.3) is 11.1 Å². The van der Waals surface area contributed by atoms with Crippen molar-refractivity contribution in [2.75, 3.05) is 26.7 Å². The van der Waals surface area contributed by atoms with Crippen molar-refractivity contribution in [3.05, 3.63) is 50.8 Å². The summed E-state index contributed by atoms with van der Waals surface area (Å²) in [6.45, 7) is 14.2. The van der Waals surface area contributed by atoms with Gasteiger partial charge in [0.2, 0.25) is 5.91 Å². The van der Waals surface area contributed by atoms with Gasteiger partial charge in [0.1, 0.15) is 0 Å². The van der Waals surface area contributed by atoms with Crippen LogP contribution >= 0.6 is 0 Å². The maximum Gasteiger partial charge on any atom is 0.337 e. The molecular formula is C33H43FN2O5. The van der Waals surface area contributed by atoms with Gasteiger partial charge in [-0.2, -0.15) is 0 Å². The minimum atomic E-state index is -1.29. The molecular weight excluding hydrogens is 523 g/mol. The number of carboxylic acids is 1. The minimum Gasteiger partial charge on any atom is -0.490 e. The summed E-state index contributed by atoms with van der Waals surface area (Å²) in [6.07, 6.45) is 2.28. The van der Waals surface area contributed by atoms with Crippen molar-refractivity contribution in [2.45, 2.75) is 97.9 Å². The highest BCUT2D eigenvalue weighted by Gasteiger charge is 2.38. The van der Waals surface area contributed by atoms with Gasteiger partial charge in [0.25, 0.3) is 0 Å². The molecule has 3 aliphatic rings. The maximum atomic E-state index is 15.6. The lowest BCUT2D eigenvalue weighted by Gasteiger charge is -2.41. The second-order valence-electron chi connectivity index (χ2n) is 13.0. The van der Waals surface area contributed by atoms with Crippen LogP contribution in [0.3, 0.4) is 0 Å².